The maximum absolute atomic E-state index is 12.8. The summed E-state index contributed by atoms with van der Waals surface area (Å²) in [5.74, 6) is 0.0834. The molecule has 0 unspecified atom stereocenters. The molecule has 0 saturated heterocycles. The molecule has 2 aromatic carbocycles. The predicted molar refractivity (Wildman–Crippen MR) is 98.5 cm³/mol. The van der Waals surface area contributed by atoms with Crippen molar-refractivity contribution < 1.29 is 22.9 Å². The highest BCUT2D eigenvalue weighted by molar-refractivity contribution is 7.92. The van der Waals surface area contributed by atoms with Crippen LogP contribution in [0.15, 0.2) is 35.2 Å². The van der Waals surface area contributed by atoms with Crippen molar-refractivity contribution in [2.45, 2.75) is 31.8 Å². The van der Waals surface area contributed by atoms with E-state index in [-0.39, 0.29) is 22.2 Å². The van der Waals surface area contributed by atoms with Gasteiger partial charge in [0.25, 0.3) is 21.6 Å². The van der Waals surface area contributed by atoms with Gasteiger partial charge < -0.3 is 10.1 Å². The number of sulfonamides is 1. The van der Waals surface area contributed by atoms with Gasteiger partial charge in [-0.1, -0.05) is 0 Å². The van der Waals surface area contributed by atoms with Crippen LogP contribution in [0.5, 0.6) is 5.75 Å². The number of hydrogen-bond acceptors (Lipinski definition) is 6. The molecule has 0 radical (unpaired) electrons. The van der Waals surface area contributed by atoms with E-state index in [0.29, 0.717) is 22.6 Å². The maximum atomic E-state index is 12.8. The molecule has 0 fully saturated rings. The van der Waals surface area contributed by atoms with Gasteiger partial charge in [-0.15, -0.1) is 0 Å². The predicted octanol–water partition coefficient (Wildman–Crippen LogP) is 2.73. The molecule has 0 aromatic heterocycles. The van der Waals surface area contributed by atoms with Crippen molar-refractivity contribution in [3.8, 4) is 5.75 Å². The van der Waals surface area contributed by atoms with Gasteiger partial charge in [0.05, 0.1) is 21.2 Å². The van der Waals surface area contributed by atoms with Crippen LogP contribution in [0, 0.1) is 24.0 Å². The molecule has 1 aliphatic heterocycles. The van der Waals surface area contributed by atoms with Crippen molar-refractivity contribution in [1.82, 2.24) is 0 Å². The summed E-state index contributed by atoms with van der Waals surface area (Å²) in [4.78, 5) is 22.0. The number of benzene rings is 2. The number of fused-ring (bicyclic) bond motifs is 1. The van der Waals surface area contributed by atoms with Gasteiger partial charge in [0, 0.05) is 12.1 Å². The number of anilines is 2. The summed E-state index contributed by atoms with van der Waals surface area (Å²) in [6.07, 6.45) is -0.643. The zero-order chi connectivity index (χ0) is 19.9. The fourth-order valence-corrected chi connectivity index (χ4v) is 4.06. The van der Waals surface area contributed by atoms with Gasteiger partial charge in [0.2, 0.25) is 0 Å². The first kappa shape index (κ1) is 18.6. The third-order valence-corrected chi connectivity index (χ3v) is 5.77. The normalized spacial score (nSPS) is 16.1. The second-order valence-electron chi connectivity index (χ2n) is 6.21. The fraction of sp³-hybridized carbons (Fsp3) is 0.235. The first-order chi connectivity index (χ1) is 12.6. The summed E-state index contributed by atoms with van der Waals surface area (Å²) in [5.41, 5.74) is 1.13. The Balaban J connectivity index is 1.98. The number of rotatable bonds is 4. The second-order valence-corrected chi connectivity index (χ2v) is 7.86. The van der Waals surface area contributed by atoms with Gasteiger partial charge in [0.15, 0.2) is 6.10 Å². The average molecular weight is 391 g/mol. The topological polar surface area (TPSA) is 128 Å². The van der Waals surface area contributed by atoms with Crippen LogP contribution in [0.4, 0.5) is 17.1 Å². The lowest BCUT2D eigenvalue weighted by atomic mass is 10.1. The highest BCUT2D eigenvalue weighted by atomic mass is 32.2. The number of aryl methyl sites for hydroxylation is 1. The van der Waals surface area contributed by atoms with E-state index in [1.807, 2.05) is 0 Å². The molecule has 10 heteroatoms. The van der Waals surface area contributed by atoms with Crippen LogP contribution in [0.2, 0.25) is 0 Å². The van der Waals surface area contributed by atoms with Crippen LogP contribution in [0.3, 0.4) is 0 Å². The highest BCUT2D eigenvalue weighted by Crippen LogP contribution is 2.33. The van der Waals surface area contributed by atoms with E-state index in [1.54, 1.807) is 20.8 Å². The van der Waals surface area contributed by atoms with E-state index in [2.05, 4.69) is 10.0 Å². The Bertz CT molecular complexity index is 1060. The summed E-state index contributed by atoms with van der Waals surface area (Å²) in [6.45, 7) is 4.78. The highest BCUT2D eigenvalue weighted by Gasteiger charge is 2.26. The number of nitro benzene ring substituents is 1. The molecule has 1 amide bonds. The van der Waals surface area contributed by atoms with Crippen molar-refractivity contribution >= 4 is 33.0 Å². The van der Waals surface area contributed by atoms with Gasteiger partial charge in [0.1, 0.15) is 5.75 Å². The number of nitrogens with zero attached hydrogens (tertiary/aromatic N) is 1. The molecular formula is C17H17N3O6S. The van der Waals surface area contributed by atoms with E-state index >= 15 is 0 Å². The van der Waals surface area contributed by atoms with Crippen LogP contribution in [0.1, 0.15) is 18.1 Å². The standard InChI is InChI=1S/C17H17N3O6S/c1-9-6-13(20(22)23)8-16(10(9)2)27(24,25)19-12-4-5-15-14(7-12)18-17(21)11(3)26-15/h4-8,11,19H,1-3H3,(H,18,21)/t11-/m1/s1. The van der Waals surface area contributed by atoms with Crippen LogP contribution < -0.4 is 14.8 Å². The molecular weight excluding hydrogens is 374 g/mol. The number of nitro groups is 1. The lowest BCUT2D eigenvalue weighted by Gasteiger charge is -2.23. The van der Waals surface area contributed by atoms with Crippen LogP contribution in [-0.4, -0.2) is 25.4 Å². The SMILES string of the molecule is Cc1cc([N+](=O)[O-])cc(S(=O)(=O)Nc2ccc3c(c2)NC(=O)[C@@H](C)O3)c1C. The second kappa shape index (κ2) is 6.54. The van der Waals surface area contributed by atoms with Crippen molar-refractivity contribution in [1.29, 1.82) is 0 Å². The summed E-state index contributed by atoms with van der Waals surface area (Å²) in [5, 5.41) is 13.7. The number of ether oxygens (including phenoxy) is 1. The fourth-order valence-electron chi connectivity index (χ4n) is 2.68. The van der Waals surface area contributed by atoms with E-state index in [4.69, 9.17) is 4.74 Å². The van der Waals surface area contributed by atoms with E-state index in [9.17, 15) is 23.3 Å². The largest absolute Gasteiger partial charge is 0.479 e. The molecule has 1 heterocycles. The Hall–Kier alpha value is -3.14. The van der Waals surface area contributed by atoms with Gasteiger partial charge in [-0.3, -0.25) is 19.6 Å². The van der Waals surface area contributed by atoms with Crippen molar-refractivity contribution in [2.75, 3.05) is 10.0 Å². The first-order valence-electron chi connectivity index (χ1n) is 7.98. The number of carbonyl (C=O) groups excluding carboxylic acids is 1. The molecule has 0 saturated carbocycles. The summed E-state index contributed by atoms with van der Waals surface area (Å²) < 4.78 is 33.4. The molecule has 2 N–H and O–H groups in total. The maximum Gasteiger partial charge on any atom is 0.271 e. The summed E-state index contributed by atoms with van der Waals surface area (Å²) in [7, 11) is -4.08. The van der Waals surface area contributed by atoms with Crippen molar-refractivity contribution in [2.24, 2.45) is 0 Å². The monoisotopic (exact) mass is 391 g/mol. The van der Waals surface area contributed by atoms with Crippen molar-refractivity contribution in [3.05, 3.63) is 51.6 Å². The third-order valence-electron chi connectivity index (χ3n) is 4.27. The number of amides is 1. The molecule has 3 rings (SSSR count). The lowest BCUT2D eigenvalue weighted by molar-refractivity contribution is -0.385. The Morgan fingerprint density at radius 2 is 1.93 bits per heavy atom. The lowest BCUT2D eigenvalue weighted by Crippen LogP contribution is -2.34. The molecule has 9 nitrogen and oxygen atoms in total. The minimum Gasteiger partial charge on any atom is -0.479 e. The van der Waals surface area contributed by atoms with Gasteiger partial charge in [-0.2, -0.15) is 0 Å². The Morgan fingerprint density at radius 3 is 2.59 bits per heavy atom. The summed E-state index contributed by atoms with van der Waals surface area (Å²) >= 11 is 0. The minimum absolute atomic E-state index is 0.180. The van der Waals surface area contributed by atoms with Gasteiger partial charge in [-0.05, 0) is 50.1 Å². The molecule has 0 spiro atoms. The van der Waals surface area contributed by atoms with Gasteiger partial charge >= 0.3 is 0 Å². The first-order valence-corrected chi connectivity index (χ1v) is 9.47. The summed E-state index contributed by atoms with van der Waals surface area (Å²) in [6, 6.07) is 6.79. The zero-order valence-electron chi connectivity index (χ0n) is 14.8. The number of carbonyl (C=O) groups is 1. The average Bonchev–Trinajstić information content (AvgIpc) is 2.57. The quantitative estimate of drug-likeness (QED) is 0.609. The Labute approximate surface area is 155 Å². The molecule has 0 aliphatic carbocycles. The number of nitrogens with one attached hydrogen (secondary N) is 2. The van der Waals surface area contributed by atoms with E-state index in [1.165, 1.54) is 24.3 Å². The molecule has 1 aliphatic rings. The van der Waals surface area contributed by atoms with E-state index in [0.717, 1.165) is 6.07 Å². The molecule has 1 atom stereocenters. The molecule has 142 valence electrons. The van der Waals surface area contributed by atoms with Gasteiger partial charge in [-0.25, -0.2) is 8.42 Å². The van der Waals surface area contributed by atoms with E-state index < -0.39 is 21.1 Å². The molecule has 27 heavy (non-hydrogen) atoms. The minimum atomic E-state index is -4.08. The Morgan fingerprint density at radius 1 is 1.22 bits per heavy atom. The van der Waals surface area contributed by atoms with Crippen LogP contribution in [-0.2, 0) is 14.8 Å². The molecule has 0 bridgehead atoms. The van der Waals surface area contributed by atoms with Crippen LogP contribution >= 0.6 is 0 Å². The number of non-ortho nitro benzene ring substituents is 1. The Kier molecular flexibility index (Phi) is 4.52. The zero-order valence-corrected chi connectivity index (χ0v) is 15.6. The van der Waals surface area contributed by atoms with Crippen LogP contribution in [0.25, 0.3) is 0 Å². The van der Waals surface area contributed by atoms with Crippen molar-refractivity contribution in [3.63, 3.8) is 0 Å². The molecule has 2 aromatic rings. The smallest absolute Gasteiger partial charge is 0.271 e. The third kappa shape index (κ3) is 3.56. The number of hydrogen-bond donors (Lipinski definition) is 2.